The number of benzene rings is 1. The first-order valence-electron chi connectivity index (χ1n) is 5.75. The lowest BCUT2D eigenvalue weighted by Crippen LogP contribution is -2.17. The lowest BCUT2D eigenvalue weighted by atomic mass is 10.2. The Morgan fingerprint density at radius 2 is 1.89 bits per heavy atom. The summed E-state index contributed by atoms with van der Waals surface area (Å²) in [6.07, 6.45) is 0. The highest BCUT2D eigenvalue weighted by molar-refractivity contribution is 5.44. The number of hydrogen-bond acceptors (Lipinski definition) is 4. The number of anilines is 2. The van der Waals surface area contributed by atoms with E-state index in [1.807, 2.05) is 43.4 Å². The van der Waals surface area contributed by atoms with E-state index in [-0.39, 0.29) is 0 Å². The van der Waals surface area contributed by atoms with Gasteiger partial charge in [0, 0.05) is 13.6 Å². The van der Waals surface area contributed by atoms with Crippen molar-refractivity contribution in [3.05, 3.63) is 48.0 Å². The van der Waals surface area contributed by atoms with E-state index in [9.17, 15) is 0 Å². The highest BCUT2D eigenvalue weighted by atomic mass is 16.5. The van der Waals surface area contributed by atoms with Crippen LogP contribution in [0.2, 0.25) is 0 Å². The molecule has 0 amide bonds. The maximum Gasteiger partial charge on any atom is 0.130 e. The maximum atomic E-state index is 5.67. The van der Waals surface area contributed by atoms with E-state index >= 15 is 0 Å². The van der Waals surface area contributed by atoms with Crippen molar-refractivity contribution >= 4 is 11.6 Å². The van der Waals surface area contributed by atoms with E-state index in [4.69, 9.17) is 10.5 Å². The summed E-state index contributed by atoms with van der Waals surface area (Å²) in [7, 11) is 3.66. The lowest BCUT2D eigenvalue weighted by Gasteiger charge is -2.18. The van der Waals surface area contributed by atoms with Gasteiger partial charge in [-0.05, 0) is 29.8 Å². The number of pyridine rings is 1. The molecule has 94 valence electrons. The van der Waals surface area contributed by atoms with Crippen LogP contribution in [-0.2, 0) is 6.54 Å². The van der Waals surface area contributed by atoms with Gasteiger partial charge in [-0.2, -0.15) is 0 Å². The lowest BCUT2D eigenvalue weighted by molar-refractivity contribution is 0.414. The summed E-state index contributed by atoms with van der Waals surface area (Å²) in [6, 6.07) is 13.6. The molecule has 2 rings (SSSR count). The van der Waals surface area contributed by atoms with Crippen LogP contribution in [0.25, 0.3) is 0 Å². The van der Waals surface area contributed by atoms with E-state index in [0.717, 1.165) is 18.1 Å². The van der Waals surface area contributed by atoms with E-state index in [1.54, 1.807) is 13.2 Å². The van der Waals surface area contributed by atoms with Gasteiger partial charge in [-0.3, -0.25) is 0 Å². The van der Waals surface area contributed by atoms with Gasteiger partial charge in [0.05, 0.1) is 7.11 Å². The molecule has 1 heterocycles. The molecular formula is C14H17N3O. The normalized spacial score (nSPS) is 10.1. The molecule has 0 atom stereocenters. The second kappa shape index (κ2) is 5.40. The predicted molar refractivity (Wildman–Crippen MR) is 73.8 cm³/mol. The number of nitrogens with two attached hydrogens (primary N) is 1. The van der Waals surface area contributed by atoms with E-state index in [2.05, 4.69) is 9.88 Å². The van der Waals surface area contributed by atoms with Crippen LogP contribution < -0.4 is 15.4 Å². The topological polar surface area (TPSA) is 51.4 Å². The summed E-state index contributed by atoms with van der Waals surface area (Å²) in [6.45, 7) is 0.778. The van der Waals surface area contributed by atoms with Crippen molar-refractivity contribution in [1.29, 1.82) is 0 Å². The largest absolute Gasteiger partial charge is 0.497 e. The summed E-state index contributed by atoms with van der Waals surface area (Å²) in [4.78, 5) is 6.34. The summed E-state index contributed by atoms with van der Waals surface area (Å²) in [5.41, 5.74) is 6.87. The minimum atomic E-state index is 0.536. The molecule has 0 aliphatic heterocycles. The van der Waals surface area contributed by atoms with Crippen molar-refractivity contribution in [2.75, 3.05) is 24.8 Å². The Balaban J connectivity index is 2.08. The molecule has 1 aromatic heterocycles. The Morgan fingerprint density at radius 3 is 2.50 bits per heavy atom. The van der Waals surface area contributed by atoms with Crippen molar-refractivity contribution in [3.63, 3.8) is 0 Å². The Labute approximate surface area is 107 Å². The summed E-state index contributed by atoms with van der Waals surface area (Å²) >= 11 is 0. The third-order valence-corrected chi connectivity index (χ3v) is 2.73. The summed E-state index contributed by atoms with van der Waals surface area (Å²) in [5, 5.41) is 0. The van der Waals surface area contributed by atoms with Gasteiger partial charge in [0.1, 0.15) is 17.4 Å². The molecule has 0 saturated carbocycles. The Bertz CT molecular complexity index is 511. The van der Waals surface area contributed by atoms with E-state index in [1.165, 1.54) is 5.56 Å². The number of hydrogen-bond donors (Lipinski definition) is 1. The number of aromatic nitrogens is 1. The zero-order valence-corrected chi connectivity index (χ0v) is 10.6. The third-order valence-electron chi connectivity index (χ3n) is 2.73. The number of methoxy groups -OCH3 is 1. The first kappa shape index (κ1) is 12.2. The average molecular weight is 243 g/mol. The van der Waals surface area contributed by atoms with Crippen molar-refractivity contribution in [1.82, 2.24) is 4.98 Å². The van der Waals surface area contributed by atoms with Gasteiger partial charge in [0.25, 0.3) is 0 Å². The van der Waals surface area contributed by atoms with Crippen LogP contribution >= 0.6 is 0 Å². The Kier molecular flexibility index (Phi) is 3.67. The fourth-order valence-corrected chi connectivity index (χ4v) is 1.74. The van der Waals surface area contributed by atoms with Crippen LogP contribution in [0, 0.1) is 0 Å². The van der Waals surface area contributed by atoms with Gasteiger partial charge in [-0.15, -0.1) is 0 Å². The van der Waals surface area contributed by atoms with E-state index < -0.39 is 0 Å². The second-order valence-electron chi connectivity index (χ2n) is 4.12. The van der Waals surface area contributed by atoms with Gasteiger partial charge in [0.2, 0.25) is 0 Å². The molecular weight excluding hydrogens is 226 g/mol. The smallest absolute Gasteiger partial charge is 0.130 e. The fourth-order valence-electron chi connectivity index (χ4n) is 1.74. The fraction of sp³-hybridized carbons (Fsp3) is 0.214. The molecule has 0 radical (unpaired) electrons. The molecule has 0 aliphatic carbocycles. The zero-order valence-electron chi connectivity index (χ0n) is 10.6. The third kappa shape index (κ3) is 2.91. The van der Waals surface area contributed by atoms with Crippen LogP contribution in [-0.4, -0.2) is 19.1 Å². The van der Waals surface area contributed by atoms with Gasteiger partial charge < -0.3 is 15.4 Å². The number of rotatable bonds is 4. The molecule has 18 heavy (non-hydrogen) atoms. The molecule has 0 saturated heterocycles. The molecule has 0 fully saturated rings. The van der Waals surface area contributed by atoms with Crippen LogP contribution in [0.5, 0.6) is 5.75 Å². The van der Waals surface area contributed by atoms with Crippen molar-refractivity contribution < 1.29 is 4.74 Å². The monoisotopic (exact) mass is 243 g/mol. The number of ether oxygens (including phenoxy) is 1. The highest BCUT2D eigenvalue weighted by Crippen LogP contribution is 2.16. The maximum absolute atomic E-state index is 5.67. The van der Waals surface area contributed by atoms with Gasteiger partial charge in [0.15, 0.2) is 0 Å². The molecule has 0 bridgehead atoms. The minimum absolute atomic E-state index is 0.536. The first-order chi connectivity index (χ1) is 8.69. The molecule has 0 aliphatic rings. The molecule has 4 nitrogen and oxygen atoms in total. The molecule has 2 N–H and O–H groups in total. The average Bonchev–Trinajstić information content (AvgIpc) is 2.39. The molecule has 2 aromatic rings. The summed E-state index contributed by atoms with van der Waals surface area (Å²) < 4.78 is 5.13. The first-order valence-corrected chi connectivity index (χ1v) is 5.75. The van der Waals surface area contributed by atoms with Crippen LogP contribution in [0.3, 0.4) is 0 Å². The standard InChI is InChI=1S/C14H17N3O/c1-17(14-5-3-4-13(15)16-14)10-11-6-8-12(18-2)9-7-11/h3-9H,10H2,1-2H3,(H2,15,16). The second-order valence-corrected chi connectivity index (χ2v) is 4.12. The van der Waals surface area contributed by atoms with Crippen LogP contribution in [0.15, 0.2) is 42.5 Å². The number of nitrogens with zero attached hydrogens (tertiary/aromatic N) is 2. The molecule has 0 spiro atoms. The molecule has 4 heteroatoms. The van der Waals surface area contributed by atoms with Crippen molar-refractivity contribution in [3.8, 4) is 5.75 Å². The SMILES string of the molecule is COc1ccc(CN(C)c2cccc(N)n2)cc1. The summed E-state index contributed by atoms with van der Waals surface area (Å²) in [5.74, 6) is 2.27. The Hall–Kier alpha value is -2.23. The van der Waals surface area contributed by atoms with Crippen LogP contribution in [0.1, 0.15) is 5.56 Å². The minimum Gasteiger partial charge on any atom is -0.497 e. The van der Waals surface area contributed by atoms with E-state index in [0.29, 0.717) is 5.82 Å². The molecule has 1 aromatic carbocycles. The molecule has 0 unspecified atom stereocenters. The van der Waals surface area contributed by atoms with Crippen molar-refractivity contribution in [2.45, 2.75) is 6.54 Å². The zero-order chi connectivity index (χ0) is 13.0. The quantitative estimate of drug-likeness (QED) is 0.895. The Morgan fingerprint density at radius 1 is 1.17 bits per heavy atom. The number of nitrogen functional groups attached to an aromatic ring is 1. The highest BCUT2D eigenvalue weighted by Gasteiger charge is 2.04. The van der Waals surface area contributed by atoms with Gasteiger partial charge in [-0.25, -0.2) is 4.98 Å². The predicted octanol–water partition coefficient (Wildman–Crippen LogP) is 2.31. The van der Waals surface area contributed by atoms with Gasteiger partial charge >= 0.3 is 0 Å². The van der Waals surface area contributed by atoms with Crippen LogP contribution in [0.4, 0.5) is 11.6 Å². The van der Waals surface area contributed by atoms with Gasteiger partial charge in [-0.1, -0.05) is 18.2 Å². The van der Waals surface area contributed by atoms with Crippen molar-refractivity contribution in [2.24, 2.45) is 0 Å².